The van der Waals surface area contributed by atoms with Crippen molar-refractivity contribution in [2.24, 2.45) is 0 Å². The molecule has 24 heavy (non-hydrogen) atoms. The van der Waals surface area contributed by atoms with E-state index >= 15 is 0 Å². The van der Waals surface area contributed by atoms with Crippen molar-refractivity contribution in [2.45, 2.75) is 20.1 Å². The topological polar surface area (TPSA) is 77.2 Å². The largest absolute Gasteiger partial charge is 0.462 e. The van der Waals surface area contributed by atoms with Crippen LogP contribution in [0.2, 0.25) is 5.02 Å². The minimum Gasteiger partial charge on any atom is -0.462 e. The highest BCUT2D eigenvalue weighted by atomic mass is 35.5. The maximum Gasteiger partial charge on any atom is 0.341 e. The Balaban J connectivity index is 1.89. The molecule has 1 N–H and O–H groups in total. The first-order chi connectivity index (χ1) is 11.6. The van der Waals surface area contributed by atoms with Crippen molar-refractivity contribution in [2.75, 3.05) is 6.61 Å². The summed E-state index contributed by atoms with van der Waals surface area (Å²) in [4.78, 5) is 16.1. The molecule has 3 rings (SSSR count). The van der Waals surface area contributed by atoms with Gasteiger partial charge in [0.25, 0.3) is 0 Å². The second-order valence-electron chi connectivity index (χ2n) is 5.25. The first kappa shape index (κ1) is 16.4. The minimum atomic E-state index is -0.484. The zero-order valence-corrected chi connectivity index (χ0v) is 13.8. The molecule has 6 nitrogen and oxygen atoms in total. The van der Waals surface area contributed by atoms with E-state index in [1.165, 1.54) is 0 Å². The number of aromatic nitrogens is 3. The summed E-state index contributed by atoms with van der Waals surface area (Å²) in [6.45, 7) is 2.13. The van der Waals surface area contributed by atoms with Crippen molar-refractivity contribution in [3.63, 3.8) is 0 Å². The van der Waals surface area contributed by atoms with Gasteiger partial charge in [-0.2, -0.15) is 5.10 Å². The fourth-order valence-corrected chi connectivity index (χ4v) is 2.64. The lowest BCUT2D eigenvalue weighted by Gasteiger charge is -2.04. The number of esters is 1. The number of hydrogen-bond donors (Lipinski definition) is 1. The fourth-order valence-electron chi connectivity index (χ4n) is 2.48. The molecule has 0 aliphatic carbocycles. The van der Waals surface area contributed by atoms with Crippen LogP contribution >= 0.6 is 11.6 Å². The molecule has 0 aliphatic rings. The number of carbonyl (C=O) groups is 1. The van der Waals surface area contributed by atoms with E-state index in [-0.39, 0.29) is 18.8 Å². The Morgan fingerprint density at radius 1 is 1.38 bits per heavy atom. The summed E-state index contributed by atoms with van der Waals surface area (Å²) in [6, 6.07) is 7.66. The van der Waals surface area contributed by atoms with Crippen LogP contribution in [0.1, 0.15) is 28.5 Å². The molecule has 2 aromatic heterocycles. The van der Waals surface area contributed by atoms with Gasteiger partial charge in [-0.25, -0.2) is 4.79 Å². The number of pyridine rings is 1. The Kier molecular flexibility index (Phi) is 4.78. The molecule has 1 aromatic carbocycles. The van der Waals surface area contributed by atoms with Crippen molar-refractivity contribution < 1.29 is 14.6 Å². The molecular formula is C17H16ClN3O3. The number of halogens is 1. The summed E-state index contributed by atoms with van der Waals surface area (Å²) in [7, 11) is 0. The molecular weight excluding hydrogens is 330 g/mol. The quantitative estimate of drug-likeness (QED) is 0.719. The molecule has 2 heterocycles. The monoisotopic (exact) mass is 345 g/mol. The van der Waals surface area contributed by atoms with Gasteiger partial charge >= 0.3 is 5.97 Å². The summed E-state index contributed by atoms with van der Waals surface area (Å²) in [6.07, 6.45) is 3.19. The molecule has 3 aromatic rings. The van der Waals surface area contributed by atoms with Crippen LogP contribution in [0.25, 0.3) is 10.9 Å². The van der Waals surface area contributed by atoms with Crippen LogP contribution in [-0.2, 0) is 17.9 Å². The molecule has 0 fully saturated rings. The van der Waals surface area contributed by atoms with Gasteiger partial charge in [0.05, 0.1) is 30.3 Å². The van der Waals surface area contributed by atoms with Crippen LogP contribution in [-0.4, -0.2) is 32.4 Å². The number of carbonyl (C=O) groups excluding carboxylic acids is 1. The minimum absolute atomic E-state index is 0.271. The fraction of sp³-hybridized carbons (Fsp3) is 0.235. The molecule has 7 heteroatoms. The number of benzene rings is 1. The van der Waals surface area contributed by atoms with Gasteiger partial charge in [0.2, 0.25) is 0 Å². The van der Waals surface area contributed by atoms with Gasteiger partial charge in [-0.1, -0.05) is 17.7 Å². The van der Waals surface area contributed by atoms with E-state index in [4.69, 9.17) is 16.3 Å². The van der Waals surface area contributed by atoms with Crippen LogP contribution < -0.4 is 0 Å². The predicted octanol–water partition coefficient (Wildman–Crippen LogP) is 2.80. The maximum atomic E-state index is 11.9. The molecule has 0 spiro atoms. The third-order valence-corrected chi connectivity index (χ3v) is 3.75. The first-order valence-corrected chi connectivity index (χ1v) is 7.87. The Morgan fingerprint density at radius 2 is 2.21 bits per heavy atom. The number of hydrogen-bond acceptors (Lipinski definition) is 5. The summed E-state index contributed by atoms with van der Waals surface area (Å²) in [5.74, 6) is -0.484. The predicted molar refractivity (Wildman–Crippen MR) is 90.0 cm³/mol. The van der Waals surface area contributed by atoms with Crippen LogP contribution in [0.5, 0.6) is 0 Å². The summed E-state index contributed by atoms with van der Waals surface area (Å²) >= 11 is 5.98. The lowest BCUT2D eigenvalue weighted by atomic mass is 10.1. The van der Waals surface area contributed by atoms with Crippen LogP contribution in [0.3, 0.4) is 0 Å². The highest BCUT2D eigenvalue weighted by Gasteiger charge is 2.17. The maximum absolute atomic E-state index is 11.9. The summed E-state index contributed by atoms with van der Waals surface area (Å²) in [5.41, 5.74) is 2.42. The molecule has 0 unspecified atom stereocenters. The second-order valence-corrected chi connectivity index (χ2v) is 5.68. The smallest absolute Gasteiger partial charge is 0.341 e. The van der Waals surface area contributed by atoms with Gasteiger partial charge in [0, 0.05) is 17.8 Å². The number of fused-ring (bicyclic) bond motifs is 1. The Bertz CT molecular complexity index is 892. The van der Waals surface area contributed by atoms with Gasteiger partial charge in [-0.3, -0.25) is 9.67 Å². The third kappa shape index (κ3) is 3.39. The Hall–Kier alpha value is -2.44. The van der Waals surface area contributed by atoms with E-state index in [1.807, 2.05) is 24.3 Å². The number of aliphatic hydroxyl groups is 1. The number of nitrogens with zero attached hydrogens (tertiary/aromatic N) is 3. The molecule has 0 saturated heterocycles. The molecule has 0 aliphatic heterocycles. The van der Waals surface area contributed by atoms with Crippen LogP contribution in [0.4, 0.5) is 0 Å². The highest BCUT2D eigenvalue weighted by Crippen LogP contribution is 2.19. The van der Waals surface area contributed by atoms with Crippen molar-refractivity contribution >= 4 is 28.5 Å². The Labute approximate surface area is 143 Å². The van der Waals surface area contributed by atoms with Crippen LogP contribution in [0, 0.1) is 0 Å². The zero-order valence-electron chi connectivity index (χ0n) is 13.1. The first-order valence-electron chi connectivity index (χ1n) is 7.49. The van der Waals surface area contributed by atoms with Gasteiger partial charge < -0.3 is 9.84 Å². The van der Waals surface area contributed by atoms with Crippen molar-refractivity contribution in [1.82, 2.24) is 14.8 Å². The molecule has 0 bridgehead atoms. The molecule has 124 valence electrons. The average molecular weight is 346 g/mol. The van der Waals surface area contributed by atoms with Gasteiger partial charge in [0.15, 0.2) is 0 Å². The van der Waals surface area contributed by atoms with Gasteiger partial charge in [0.1, 0.15) is 11.3 Å². The average Bonchev–Trinajstić information content (AvgIpc) is 2.97. The molecule has 0 radical (unpaired) electrons. The highest BCUT2D eigenvalue weighted by molar-refractivity contribution is 6.31. The van der Waals surface area contributed by atoms with Crippen molar-refractivity contribution in [3.8, 4) is 0 Å². The third-order valence-electron chi connectivity index (χ3n) is 3.54. The summed E-state index contributed by atoms with van der Waals surface area (Å²) < 4.78 is 6.59. The second kappa shape index (κ2) is 6.98. The zero-order chi connectivity index (χ0) is 17.1. The number of ether oxygens (including phenoxy) is 1. The molecule has 0 amide bonds. The summed E-state index contributed by atoms with van der Waals surface area (Å²) in [5, 5.41) is 15.1. The normalized spacial score (nSPS) is 11.0. The van der Waals surface area contributed by atoms with E-state index in [0.29, 0.717) is 17.3 Å². The molecule has 0 atom stereocenters. The van der Waals surface area contributed by atoms with E-state index in [9.17, 15) is 9.90 Å². The number of rotatable bonds is 5. The van der Waals surface area contributed by atoms with Crippen molar-refractivity contribution in [3.05, 3.63) is 58.5 Å². The van der Waals surface area contributed by atoms with Gasteiger partial charge in [-0.15, -0.1) is 0 Å². The van der Waals surface area contributed by atoms with E-state index in [1.54, 1.807) is 24.0 Å². The van der Waals surface area contributed by atoms with Gasteiger partial charge in [-0.05, 0) is 30.7 Å². The Morgan fingerprint density at radius 3 is 2.96 bits per heavy atom. The number of aliphatic hydroxyl groups excluding tert-OH is 1. The lowest BCUT2D eigenvalue weighted by Crippen LogP contribution is -2.06. The van der Waals surface area contributed by atoms with Crippen LogP contribution in [0.15, 0.2) is 36.7 Å². The standard InChI is InChI=1S/C17H16ClN3O3/c1-2-24-17(23)14-9-21(20-16(14)10-22)8-11-3-4-15-12(5-11)6-13(18)7-19-15/h3-7,9,22H,2,8,10H2,1H3. The van der Waals surface area contributed by atoms with E-state index in [0.717, 1.165) is 16.5 Å². The lowest BCUT2D eigenvalue weighted by molar-refractivity contribution is 0.0522. The SMILES string of the molecule is CCOC(=O)c1cn(Cc2ccc3ncc(Cl)cc3c2)nc1CO. The van der Waals surface area contributed by atoms with E-state index < -0.39 is 5.97 Å². The molecule has 0 saturated carbocycles. The van der Waals surface area contributed by atoms with E-state index in [2.05, 4.69) is 10.1 Å². The van der Waals surface area contributed by atoms with Crippen molar-refractivity contribution in [1.29, 1.82) is 0 Å².